The molecule has 1 saturated heterocycles. The van der Waals surface area contributed by atoms with Gasteiger partial charge in [0, 0.05) is 17.7 Å². The van der Waals surface area contributed by atoms with Gasteiger partial charge < -0.3 is 10.6 Å². The Morgan fingerprint density at radius 3 is 2.74 bits per heavy atom. The SMILES string of the molecule is C/C=C\c1c(CC)ccnc1C(C)(C)NC(=O)C1C2CNCC21. The lowest BCUT2D eigenvalue weighted by Crippen LogP contribution is -2.44. The van der Waals surface area contributed by atoms with E-state index in [1.807, 2.05) is 19.2 Å². The molecule has 2 atom stereocenters. The van der Waals surface area contributed by atoms with Crippen LogP contribution in [0, 0.1) is 17.8 Å². The van der Waals surface area contributed by atoms with Crippen molar-refractivity contribution in [2.24, 2.45) is 17.8 Å². The Bertz CT molecular complexity index is 626. The number of carbonyl (C=O) groups excluding carboxylic acids is 1. The monoisotopic (exact) mass is 313 g/mol. The van der Waals surface area contributed by atoms with Gasteiger partial charge in [0.1, 0.15) is 0 Å². The first-order valence-corrected chi connectivity index (χ1v) is 8.63. The van der Waals surface area contributed by atoms with Crippen LogP contribution < -0.4 is 10.6 Å². The number of hydrogen-bond donors (Lipinski definition) is 2. The van der Waals surface area contributed by atoms with E-state index in [1.165, 1.54) is 5.56 Å². The summed E-state index contributed by atoms with van der Waals surface area (Å²) >= 11 is 0. The number of nitrogens with zero attached hydrogens (tertiary/aromatic N) is 1. The molecule has 2 N–H and O–H groups in total. The Labute approximate surface area is 138 Å². The highest BCUT2D eigenvalue weighted by Crippen LogP contribution is 2.49. The third kappa shape index (κ3) is 2.92. The van der Waals surface area contributed by atoms with E-state index in [2.05, 4.69) is 48.5 Å². The highest BCUT2D eigenvalue weighted by atomic mass is 16.2. The van der Waals surface area contributed by atoms with Gasteiger partial charge >= 0.3 is 0 Å². The molecule has 23 heavy (non-hydrogen) atoms. The van der Waals surface area contributed by atoms with Crippen molar-refractivity contribution in [3.05, 3.63) is 35.2 Å². The number of nitrogens with one attached hydrogen (secondary N) is 2. The molecule has 1 aliphatic carbocycles. The fourth-order valence-electron chi connectivity index (χ4n) is 3.93. The molecule has 2 aliphatic rings. The molecular formula is C19H27N3O. The number of fused-ring (bicyclic) bond motifs is 1. The highest BCUT2D eigenvalue weighted by Gasteiger charge is 2.57. The third-order valence-electron chi connectivity index (χ3n) is 5.22. The van der Waals surface area contributed by atoms with E-state index in [0.717, 1.165) is 30.8 Å². The van der Waals surface area contributed by atoms with Crippen molar-refractivity contribution in [3.63, 3.8) is 0 Å². The molecule has 0 aromatic carbocycles. The number of aromatic nitrogens is 1. The van der Waals surface area contributed by atoms with E-state index < -0.39 is 5.54 Å². The molecule has 1 aromatic rings. The van der Waals surface area contributed by atoms with Crippen molar-refractivity contribution in [2.75, 3.05) is 13.1 Å². The average molecular weight is 313 g/mol. The van der Waals surface area contributed by atoms with Gasteiger partial charge in [0.05, 0.1) is 11.2 Å². The molecule has 2 unspecified atom stereocenters. The number of amides is 1. The summed E-state index contributed by atoms with van der Waals surface area (Å²) in [4.78, 5) is 17.3. The second-order valence-corrected chi connectivity index (χ2v) is 7.21. The summed E-state index contributed by atoms with van der Waals surface area (Å²) in [6, 6.07) is 2.06. The first kappa shape index (κ1) is 16.2. The van der Waals surface area contributed by atoms with E-state index in [4.69, 9.17) is 0 Å². The molecular weight excluding hydrogens is 286 g/mol. The molecule has 1 amide bonds. The van der Waals surface area contributed by atoms with Crippen LogP contribution in [-0.4, -0.2) is 24.0 Å². The number of carbonyl (C=O) groups is 1. The highest BCUT2D eigenvalue weighted by molar-refractivity contribution is 5.83. The van der Waals surface area contributed by atoms with Gasteiger partial charge in [-0.15, -0.1) is 0 Å². The normalized spacial score (nSPS) is 26.3. The summed E-state index contributed by atoms with van der Waals surface area (Å²) in [5, 5.41) is 6.59. The van der Waals surface area contributed by atoms with Gasteiger partial charge in [-0.1, -0.05) is 19.1 Å². The van der Waals surface area contributed by atoms with Crippen LogP contribution in [0.1, 0.15) is 44.5 Å². The quantitative estimate of drug-likeness (QED) is 0.878. The Balaban J connectivity index is 1.83. The molecule has 1 aromatic heterocycles. The lowest BCUT2D eigenvalue weighted by Gasteiger charge is -2.28. The lowest BCUT2D eigenvalue weighted by atomic mass is 9.91. The van der Waals surface area contributed by atoms with Crippen molar-refractivity contribution >= 4 is 12.0 Å². The first-order chi connectivity index (χ1) is 11.0. The smallest absolute Gasteiger partial charge is 0.224 e. The summed E-state index contributed by atoms with van der Waals surface area (Å²) in [5.74, 6) is 1.45. The molecule has 0 radical (unpaired) electrons. The average Bonchev–Trinajstić information content (AvgIpc) is 3.01. The summed E-state index contributed by atoms with van der Waals surface area (Å²) in [5.41, 5.74) is 2.89. The zero-order valence-electron chi connectivity index (χ0n) is 14.5. The van der Waals surface area contributed by atoms with Crippen LogP contribution in [0.15, 0.2) is 18.3 Å². The molecule has 3 rings (SSSR count). The van der Waals surface area contributed by atoms with Gasteiger partial charge in [-0.2, -0.15) is 0 Å². The van der Waals surface area contributed by atoms with Crippen molar-refractivity contribution in [2.45, 2.75) is 39.7 Å². The maximum absolute atomic E-state index is 12.6. The van der Waals surface area contributed by atoms with Crippen molar-refractivity contribution in [1.82, 2.24) is 15.6 Å². The zero-order chi connectivity index (χ0) is 16.6. The molecule has 4 nitrogen and oxygen atoms in total. The molecule has 1 saturated carbocycles. The molecule has 1 aliphatic heterocycles. The number of allylic oxidation sites excluding steroid dienone is 1. The molecule has 2 fully saturated rings. The predicted octanol–water partition coefficient (Wildman–Crippen LogP) is 2.49. The molecule has 4 heteroatoms. The number of aryl methyl sites for hydroxylation is 1. The molecule has 124 valence electrons. The number of hydrogen-bond acceptors (Lipinski definition) is 3. The predicted molar refractivity (Wildman–Crippen MR) is 92.8 cm³/mol. The number of piperidine rings is 1. The van der Waals surface area contributed by atoms with E-state index in [-0.39, 0.29) is 11.8 Å². The fraction of sp³-hybridized carbons (Fsp3) is 0.579. The maximum Gasteiger partial charge on any atom is 0.224 e. The fourth-order valence-corrected chi connectivity index (χ4v) is 3.93. The van der Waals surface area contributed by atoms with Crippen LogP contribution in [-0.2, 0) is 16.8 Å². The van der Waals surface area contributed by atoms with Crippen LogP contribution in [0.3, 0.4) is 0 Å². The van der Waals surface area contributed by atoms with E-state index in [9.17, 15) is 4.79 Å². The Kier molecular flexibility index (Phi) is 4.28. The zero-order valence-corrected chi connectivity index (χ0v) is 14.5. The van der Waals surface area contributed by atoms with E-state index >= 15 is 0 Å². The van der Waals surface area contributed by atoms with Gasteiger partial charge in [-0.05, 0) is 63.7 Å². The largest absolute Gasteiger partial charge is 0.345 e. The standard InChI is InChI=1S/C19H27N3O/c1-5-7-13-12(6-2)8-9-21-17(13)19(3,4)22-18(23)16-14-10-20-11-15(14)16/h5,7-9,14-16,20H,6,10-11H2,1-4H3,(H,22,23)/b7-5-. The van der Waals surface area contributed by atoms with Crippen molar-refractivity contribution in [3.8, 4) is 0 Å². The first-order valence-electron chi connectivity index (χ1n) is 8.63. The van der Waals surface area contributed by atoms with Crippen LogP contribution in [0.5, 0.6) is 0 Å². The van der Waals surface area contributed by atoms with Crippen LogP contribution in [0.2, 0.25) is 0 Å². The minimum Gasteiger partial charge on any atom is -0.345 e. The second-order valence-electron chi connectivity index (χ2n) is 7.21. The van der Waals surface area contributed by atoms with E-state index in [1.54, 1.807) is 0 Å². The Morgan fingerprint density at radius 2 is 2.13 bits per heavy atom. The summed E-state index contributed by atoms with van der Waals surface area (Å²) in [7, 11) is 0. The van der Waals surface area contributed by atoms with Gasteiger partial charge in [0.2, 0.25) is 5.91 Å². The molecule has 2 heterocycles. The van der Waals surface area contributed by atoms with Gasteiger partial charge in [0.15, 0.2) is 0 Å². The summed E-state index contributed by atoms with van der Waals surface area (Å²) < 4.78 is 0. The van der Waals surface area contributed by atoms with Gasteiger partial charge in [0.25, 0.3) is 0 Å². The minimum absolute atomic E-state index is 0.182. The molecule has 0 spiro atoms. The summed E-state index contributed by atoms with van der Waals surface area (Å²) in [6.45, 7) is 10.2. The van der Waals surface area contributed by atoms with Crippen LogP contribution in [0.4, 0.5) is 0 Å². The topological polar surface area (TPSA) is 54.0 Å². The minimum atomic E-state index is -0.471. The summed E-state index contributed by atoms with van der Waals surface area (Å²) in [6.07, 6.45) is 6.95. The lowest BCUT2D eigenvalue weighted by molar-refractivity contribution is -0.124. The third-order valence-corrected chi connectivity index (χ3v) is 5.22. The Morgan fingerprint density at radius 1 is 1.43 bits per heavy atom. The van der Waals surface area contributed by atoms with Crippen LogP contribution in [0.25, 0.3) is 6.08 Å². The van der Waals surface area contributed by atoms with Gasteiger partial charge in [-0.3, -0.25) is 9.78 Å². The molecule has 0 bridgehead atoms. The van der Waals surface area contributed by atoms with Crippen LogP contribution >= 0.6 is 0 Å². The second kappa shape index (κ2) is 6.08. The van der Waals surface area contributed by atoms with Gasteiger partial charge in [-0.25, -0.2) is 0 Å². The van der Waals surface area contributed by atoms with E-state index in [0.29, 0.717) is 11.8 Å². The maximum atomic E-state index is 12.6. The Hall–Kier alpha value is -1.68. The van der Waals surface area contributed by atoms with Crippen molar-refractivity contribution in [1.29, 1.82) is 0 Å². The number of pyridine rings is 1. The van der Waals surface area contributed by atoms with Crippen molar-refractivity contribution < 1.29 is 4.79 Å². The number of rotatable bonds is 5.